The fraction of sp³-hybridized carbons (Fsp3) is 0.611. The summed E-state index contributed by atoms with van der Waals surface area (Å²) in [5.41, 5.74) is 2.02. The van der Waals surface area contributed by atoms with Gasteiger partial charge < -0.3 is 15.0 Å². The summed E-state index contributed by atoms with van der Waals surface area (Å²) in [4.78, 5) is 14.5. The van der Waals surface area contributed by atoms with E-state index in [1.165, 1.54) is 6.42 Å². The van der Waals surface area contributed by atoms with E-state index in [1.807, 2.05) is 36.1 Å². The minimum atomic E-state index is 0.0101. The lowest BCUT2D eigenvalue weighted by atomic mass is 10.1. The first kappa shape index (κ1) is 15.3. The van der Waals surface area contributed by atoms with Crippen molar-refractivity contribution in [2.75, 3.05) is 18.5 Å². The lowest BCUT2D eigenvalue weighted by Crippen LogP contribution is -2.42. The predicted molar refractivity (Wildman–Crippen MR) is 88.0 cm³/mol. The van der Waals surface area contributed by atoms with Crippen molar-refractivity contribution in [1.29, 1.82) is 0 Å². The van der Waals surface area contributed by atoms with Gasteiger partial charge in [-0.3, -0.25) is 0 Å². The van der Waals surface area contributed by atoms with E-state index in [9.17, 15) is 4.79 Å². The van der Waals surface area contributed by atoms with Gasteiger partial charge in [-0.05, 0) is 43.4 Å². The van der Waals surface area contributed by atoms with Crippen molar-refractivity contribution >= 4 is 11.7 Å². The molecule has 0 aromatic heterocycles. The van der Waals surface area contributed by atoms with Crippen LogP contribution in [-0.4, -0.2) is 36.2 Å². The monoisotopic (exact) mass is 302 g/mol. The molecule has 3 atom stereocenters. The average molecular weight is 302 g/mol. The number of aryl methyl sites for hydroxylation is 1. The molecule has 2 bridgehead atoms. The van der Waals surface area contributed by atoms with E-state index < -0.39 is 0 Å². The predicted octanol–water partition coefficient (Wildman–Crippen LogP) is 3.66. The summed E-state index contributed by atoms with van der Waals surface area (Å²) < 4.78 is 6.08. The highest BCUT2D eigenvalue weighted by molar-refractivity contribution is 5.90. The van der Waals surface area contributed by atoms with Gasteiger partial charge in [-0.1, -0.05) is 26.0 Å². The molecule has 4 nitrogen and oxygen atoms in total. The first-order valence-electron chi connectivity index (χ1n) is 8.30. The Hall–Kier alpha value is -1.55. The molecule has 3 rings (SSSR count). The minimum absolute atomic E-state index is 0.0101. The molecule has 22 heavy (non-hydrogen) atoms. The lowest BCUT2D eigenvalue weighted by molar-refractivity contribution is 0.0163. The lowest BCUT2D eigenvalue weighted by Gasteiger charge is -2.27. The Morgan fingerprint density at radius 2 is 2.23 bits per heavy atom. The fourth-order valence-corrected chi connectivity index (χ4v) is 3.65. The molecule has 2 amide bonds. The average Bonchev–Trinajstić information content (AvgIpc) is 3.02. The zero-order valence-electron chi connectivity index (χ0n) is 13.7. The number of hydrogen-bond acceptors (Lipinski definition) is 2. The van der Waals surface area contributed by atoms with E-state index in [0.29, 0.717) is 11.8 Å². The molecular weight excluding hydrogens is 276 g/mol. The minimum Gasteiger partial charge on any atom is -0.375 e. The quantitative estimate of drug-likeness (QED) is 0.922. The Bertz CT molecular complexity index is 544. The van der Waals surface area contributed by atoms with Crippen LogP contribution in [0.1, 0.15) is 32.3 Å². The number of piperidine rings is 1. The van der Waals surface area contributed by atoms with E-state index in [2.05, 4.69) is 19.2 Å². The normalized spacial score (nSPS) is 26.7. The van der Waals surface area contributed by atoms with Gasteiger partial charge in [0.2, 0.25) is 0 Å². The van der Waals surface area contributed by atoms with Crippen LogP contribution < -0.4 is 5.32 Å². The second-order valence-electron chi connectivity index (χ2n) is 7.05. The van der Waals surface area contributed by atoms with Gasteiger partial charge in [0.05, 0.1) is 12.1 Å². The number of nitrogens with one attached hydrogen (secondary N) is 1. The van der Waals surface area contributed by atoms with E-state index in [4.69, 9.17) is 4.74 Å². The molecule has 2 aliphatic rings. The summed E-state index contributed by atoms with van der Waals surface area (Å²) in [5.74, 6) is 1.04. The number of likely N-dealkylation sites (tertiary alicyclic amines) is 1. The van der Waals surface area contributed by atoms with Gasteiger partial charge in [-0.15, -0.1) is 0 Å². The molecule has 1 aliphatic carbocycles. The van der Waals surface area contributed by atoms with Crippen molar-refractivity contribution in [1.82, 2.24) is 4.90 Å². The maximum atomic E-state index is 12.6. The topological polar surface area (TPSA) is 41.6 Å². The van der Waals surface area contributed by atoms with Crippen LogP contribution >= 0.6 is 0 Å². The van der Waals surface area contributed by atoms with Crippen LogP contribution in [0.4, 0.5) is 10.5 Å². The SMILES string of the molecule is Cc1cccc(NC(=O)N2CC3CCC2C3OCC(C)C)c1. The standard InChI is InChI=1S/C18H26N2O2/c1-12(2)11-22-17-14-7-8-16(17)20(10-14)18(21)19-15-6-4-5-13(3)9-15/h4-6,9,12,14,16-17H,7-8,10-11H2,1-3H3,(H,19,21). The van der Waals surface area contributed by atoms with Crippen molar-refractivity contribution < 1.29 is 9.53 Å². The van der Waals surface area contributed by atoms with Crippen LogP contribution in [0.15, 0.2) is 24.3 Å². The smallest absolute Gasteiger partial charge is 0.322 e. The van der Waals surface area contributed by atoms with Crippen molar-refractivity contribution in [3.63, 3.8) is 0 Å². The number of urea groups is 1. The van der Waals surface area contributed by atoms with Crippen LogP contribution in [0, 0.1) is 18.8 Å². The molecule has 2 fully saturated rings. The van der Waals surface area contributed by atoms with Crippen molar-refractivity contribution in [3.05, 3.63) is 29.8 Å². The van der Waals surface area contributed by atoms with Crippen molar-refractivity contribution in [3.8, 4) is 0 Å². The zero-order chi connectivity index (χ0) is 15.7. The fourth-order valence-electron chi connectivity index (χ4n) is 3.65. The number of carbonyl (C=O) groups excluding carboxylic acids is 1. The maximum absolute atomic E-state index is 12.6. The second kappa shape index (κ2) is 6.29. The number of fused-ring (bicyclic) bond motifs is 2. The summed E-state index contributed by atoms with van der Waals surface area (Å²) in [7, 11) is 0. The first-order valence-corrected chi connectivity index (χ1v) is 8.30. The highest BCUT2D eigenvalue weighted by atomic mass is 16.5. The number of hydrogen-bond donors (Lipinski definition) is 1. The Morgan fingerprint density at radius 3 is 2.95 bits per heavy atom. The molecule has 4 heteroatoms. The van der Waals surface area contributed by atoms with E-state index >= 15 is 0 Å². The van der Waals surface area contributed by atoms with Crippen LogP contribution in [0.3, 0.4) is 0 Å². The number of ether oxygens (including phenoxy) is 1. The summed E-state index contributed by atoms with van der Waals surface area (Å²) in [6.07, 6.45) is 2.47. The van der Waals surface area contributed by atoms with Crippen LogP contribution in [-0.2, 0) is 4.74 Å². The maximum Gasteiger partial charge on any atom is 0.322 e. The molecule has 1 saturated carbocycles. The van der Waals surface area contributed by atoms with Crippen molar-refractivity contribution in [2.45, 2.75) is 45.8 Å². The van der Waals surface area contributed by atoms with Gasteiger partial charge in [-0.2, -0.15) is 0 Å². The number of nitrogens with zero attached hydrogens (tertiary/aromatic N) is 1. The number of anilines is 1. The third kappa shape index (κ3) is 3.12. The summed E-state index contributed by atoms with van der Waals surface area (Å²) in [6.45, 7) is 7.97. The molecule has 1 N–H and O–H groups in total. The van der Waals surface area contributed by atoms with Gasteiger partial charge in [0.25, 0.3) is 0 Å². The zero-order valence-corrected chi connectivity index (χ0v) is 13.7. The largest absolute Gasteiger partial charge is 0.375 e. The number of amides is 2. The molecule has 1 heterocycles. The van der Waals surface area contributed by atoms with Crippen molar-refractivity contribution in [2.24, 2.45) is 11.8 Å². The summed E-state index contributed by atoms with van der Waals surface area (Å²) in [5, 5.41) is 3.03. The Kier molecular flexibility index (Phi) is 4.39. The van der Waals surface area contributed by atoms with Gasteiger partial charge in [0, 0.05) is 24.8 Å². The number of rotatable bonds is 4. The van der Waals surface area contributed by atoms with E-state index in [1.54, 1.807) is 0 Å². The Morgan fingerprint density at radius 1 is 1.41 bits per heavy atom. The molecule has 0 spiro atoms. The van der Waals surface area contributed by atoms with E-state index in [0.717, 1.165) is 30.8 Å². The highest BCUT2D eigenvalue weighted by Gasteiger charge is 2.49. The second-order valence-corrected chi connectivity index (χ2v) is 7.05. The van der Waals surface area contributed by atoms with Gasteiger partial charge >= 0.3 is 6.03 Å². The molecule has 120 valence electrons. The summed E-state index contributed by atoms with van der Waals surface area (Å²) >= 11 is 0. The third-order valence-electron chi connectivity index (χ3n) is 4.66. The van der Waals surface area contributed by atoms with Gasteiger partial charge in [0.15, 0.2) is 0 Å². The Labute approximate surface area is 132 Å². The first-order chi connectivity index (χ1) is 10.5. The molecule has 1 aromatic rings. The molecule has 3 unspecified atom stereocenters. The van der Waals surface area contributed by atoms with Gasteiger partial charge in [0.1, 0.15) is 0 Å². The Balaban J connectivity index is 1.62. The number of benzene rings is 1. The highest BCUT2D eigenvalue weighted by Crippen LogP contribution is 2.40. The molecule has 1 aliphatic heterocycles. The molecule has 0 radical (unpaired) electrons. The summed E-state index contributed by atoms with van der Waals surface area (Å²) in [6, 6.07) is 8.19. The molecular formula is C18H26N2O2. The van der Waals surface area contributed by atoms with Crippen LogP contribution in [0.2, 0.25) is 0 Å². The number of carbonyl (C=O) groups is 1. The van der Waals surface area contributed by atoms with E-state index in [-0.39, 0.29) is 18.2 Å². The van der Waals surface area contributed by atoms with Crippen LogP contribution in [0.5, 0.6) is 0 Å². The molecule has 1 saturated heterocycles. The van der Waals surface area contributed by atoms with Crippen LogP contribution in [0.25, 0.3) is 0 Å². The molecule has 1 aromatic carbocycles. The third-order valence-corrected chi connectivity index (χ3v) is 4.66. The van der Waals surface area contributed by atoms with Gasteiger partial charge in [-0.25, -0.2) is 4.79 Å².